The zero-order chi connectivity index (χ0) is 10.2. The van der Waals surface area contributed by atoms with Crippen LogP contribution in [0.25, 0.3) is 0 Å². The van der Waals surface area contributed by atoms with Crippen LogP contribution in [0.4, 0.5) is 0 Å². The predicted molar refractivity (Wildman–Crippen MR) is 59.4 cm³/mol. The monoisotopic (exact) mass is 200 g/mol. The van der Waals surface area contributed by atoms with Gasteiger partial charge in [-0.1, -0.05) is 6.42 Å². The molecule has 1 unspecified atom stereocenters. The predicted octanol–water partition coefficient (Wildman–Crippen LogP) is 1.23. The van der Waals surface area contributed by atoms with E-state index in [0.29, 0.717) is 6.10 Å². The van der Waals surface area contributed by atoms with Gasteiger partial charge in [0.2, 0.25) is 0 Å². The van der Waals surface area contributed by atoms with E-state index in [2.05, 4.69) is 11.9 Å². The summed E-state index contributed by atoms with van der Waals surface area (Å²) in [5.74, 6) is 0. The maximum atomic E-state index is 5.59. The Morgan fingerprint density at radius 1 is 1.36 bits per heavy atom. The van der Waals surface area contributed by atoms with Gasteiger partial charge in [-0.2, -0.15) is 0 Å². The summed E-state index contributed by atoms with van der Waals surface area (Å²) in [6.45, 7) is 4.07. The highest BCUT2D eigenvalue weighted by Gasteiger charge is 2.16. The molecule has 1 rings (SSSR count). The average Bonchev–Trinajstić information content (AvgIpc) is 2.65. The molecule has 14 heavy (non-hydrogen) atoms. The molecule has 1 saturated heterocycles. The quantitative estimate of drug-likeness (QED) is 0.628. The number of hydrogen-bond acceptors (Lipinski definition) is 3. The van der Waals surface area contributed by atoms with Crippen molar-refractivity contribution in [2.45, 2.75) is 38.2 Å². The van der Waals surface area contributed by atoms with E-state index in [-0.39, 0.29) is 0 Å². The first-order valence-corrected chi connectivity index (χ1v) is 5.83. The van der Waals surface area contributed by atoms with Gasteiger partial charge in [0.05, 0.1) is 6.10 Å². The first-order valence-electron chi connectivity index (χ1n) is 5.83. The van der Waals surface area contributed by atoms with Crippen LogP contribution in [0.2, 0.25) is 0 Å². The van der Waals surface area contributed by atoms with E-state index < -0.39 is 0 Å². The van der Waals surface area contributed by atoms with Crippen LogP contribution in [0.1, 0.15) is 32.1 Å². The minimum absolute atomic E-state index is 0.495. The van der Waals surface area contributed by atoms with Gasteiger partial charge in [-0.3, -0.25) is 0 Å². The number of hydrogen-bond donors (Lipinski definition) is 1. The molecule has 84 valence electrons. The van der Waals surface area contributed by atoms with Crippen molar-refractivity contribution in [2.75, 3.05) is 33.3 Å². The molecule has 0 aliphatic carbocycles. The fourth-order valence-electron chi connectivity index (χ4n) is 1.93. The van der Waals surface area contributed by atoms with Crippen LogP contribution in [-0.4, -0.2) is 44.3 Å². The Balaban J connectivity index is 1.95. The van der Waals surface area contributed by atoms with E-state index >= 15 is 0 Å². The van der Waals surface area contributed by atoms with Crippen molar-refractivity contribution in [2.24, 2.45) is 5.73 Å². The summed E-state index contributed by atoms with van der Waals surface area (Å²) in [5.41, 5.74) is 5.44. The van der Waals surface area contributed by atoms with Gasteiger partial charge in [-0.05, 0) is 45.8 Å². The Labute approximate surface area is 87.6 Å². The molecule has 2 N–H and O–H groups in total. The third-order valence-corrected chi connectivity index (χ3v) is 2.78. The molecular weight excluding hydrogens is 176 g/mol. The van der Waals surface area contributed by atoms with E-state index in [1.165, 1.54) is 32.2 Å². The van der Waals surface area contributed by atoms with Crippen molar-refractivity contribution in [3.8, 4) is 0 Å². The van der Waals surface area contributed by atoms with Crippen LogP contribution in [0.3, 0.4) is 0 Å². The summed E-state index contributed by atoms with van der Waals surface area (Å²) >= 11 is 0. The van der Waals surface area contributed by atoms with E-state index in [4.69, 9.17) is 10.5 Å². The molecule has 0 aromatic heterocycles. The van der Waals surface area contributed by atoms with Gasteiger partial charge in [0.25, 0.3) is 0 Å². The van der Waals surface area contributed by atoms with Crippen molar-refractivity contribution < 1.29 is 4.74 Å². The van der Waals surface area contributed by atoms with Gasteiger partial charge >= 0.3 is 0 Å². The number of ether oxygens (including phenoxy) is 1. The van der Waals surface area contributed by atoms with Gasteiger partial charge in [0.1, 0.15) is 0 Å². The van der Waals surface area contributed by atoms with Crippen LogP contribution >= 0.6 is 0 Å². The second-order valence-corrected chi connectivity index (χ2v) is 4.25. The SMILES string of the molecule is CN(CCCCCN)CC1CCCO1. The fourth-order valence-corrected chi connectivity index (χ4v) is 1.93. The third kappa shape index (κ3) is 4.94. The number of rotatable bonds is 7. The van der Waals surface area contributed by atoms with Crippen LogP contribution in [0.15, 0.2) is 0 Å². The van der Waals surface area contributed by atoms with Crippen LogP contribution in [-0.2, 0) is 4.74 Å². The number of likely N-dealkylation sites (N-methyl/N-ethyl adjacent to an activating group) is 1. The second kappa shape index (κ2) is 7.21. The van der Waals surface area contributed by atoms with Gasteiger partial charge in [0.15, 0.2) is 0 Å². The molecule has 0 amide bonds. The smallest absolute Gasteiger partial charge is 0.0702 e. The Morgan fingerprint density at radius 2 is 2.21 bits per heavy atom. The molecule has 1 aliphatic rings. The zero-order valence-corrected chi connectivity index (χ0v) is 9.37. The van der Waals surface area contributed by atoms with E-state index in [1.54, 1.807) is 0 Å². The lowest BCUT2D eigenvalue weighted by molar-refractivity contribution is 0.0808. The average molecular weight is 200 g/mol. The van der Waals surface area contributed by atoms with Crippen molar-refractivity contribution in [3.05, 3.63) is 0 Å². The molecule has 0 radical (unpaired) electrons. The number of unbranched alkanes of at least 4 members (excludes halogenated alkanes) is 2. The highest BCUT2D eigenvalue weighted by Crippen LogP contribution is 2.12. The number of nitrogens with two attached hydrogens (primary N) is 1. The summed E-state index contributed by atoms with van der Waals surface area (Å²) in [6, 6.07) is 0. The van der Waals surface area contributed by atoms with Crippen LogP contribution < -0.4 is 5.73 Å². The number of nitrogens with zero attached hydrogens (tertiary/aromatic N) is 1. The molecule has 0 spiro atoms. The molecule has 1 atom stereocenters. The third-order valence-electron chi connectivity index (χ3n) is 2.78. The van der Waals surface area contributed by atoms with Crippen molar-refractivity contribution in [3.63, 3.8) is 0 Å². The minimum Gasteiger partial charge on any atom is -0.377 e. The molecule has 1 aliphatic heterocycles. The van der Waals surface area contributed by atoms with Gasteiger partial charge in [-0.25, -0.2) is 0 Å². The lowest BCUT2D eigenvalue weighted by atomic mass is 10.2. The lowest BCUT2D eigenvalue weighted by Gasteiger charge is -2.20. The molecule has 0 bridgehead atoms. The van der Waals surface area contributed by atoms with E-state index in [1.807, 2.05) is 0 Å². The molecule has 0 aromatic carbocycles. The standard InChI is InChI=1S/C11H24N2O/c1-13(8-4-2-3-7-12)10-11-6-5-9-14-11/h11H,2-10,12H2,1H3. The first kappa shape index (κ1) is 12.0. The molecule has 3 heteroatoms. The molecule has 3 nitrogen and oxygen atoms in total. The Bertz CT molecular complexity index is 135. The summed E-state index contributed by atoms with van der Waals surface area (Å²) in [4.78, 5) is 2.38. The highest BCUT2D eigenvalue weighted by atomic mass is 16.5. The molecular formula is C11H24N2O. The Hall–Kier alpha value is -0.120. The van der Waals surface area contributed by atoms with Crippen molar-refractivity contribution >= 4 is 0 Å². The topological polar surface area (TPSA) is 38.5 Å². The zero-order valence-electron chi connectivity index (χ0n) is 9.37. The molecule has 0 aromatic rings. The highest BCUT2D eigenvalue weighted by molar-refractivity contribution is 4.68. The summed E-state index contributed by atoms with van der Waals surface area (Å²) in [7, 11) is 2.18. The van der Waals surface area contributed by atoms with Crippen molar-refractivity contribution in [1.82, 2.24) is 4.90 Å². The Kier molecular flexibility index (Phi) is 6.15. The van der Waals surface area contributed by atoms with Crippen LogP contribution in [0.5, 0.6) is 0 Å². The summed E-state index contributed by atoms with van der Waals surface area (Å²) in [5, 5.41) is 0. The second-order valence-electron chi connectivity index (χ2n) is 4.25. The fraction of sp³-hybridized carbons (Fsp3) is 1.00. The van der Waals surface area contributed by atoms with Gasteiger partial charge in [-0.15, -0.1) is 0 Å². The van der Waals surface area contributed by atoms with Crippen molar-refractivity contribution in [1.29, 1.82) is 0 Å². The summed E-state index contributed by atoms with van der Waals surface area (Å²) < 4.78 is 5.59. The maximum absolute atomic E-state index is 5.59. The van der Waals surface area contributed by atoms with Crippen LogP contribution in [0, 0.1) is 0 Å². The molecule has 1 fully saturated rings. The maximum Gasteiger partial charge on any atom is 0.0702 e. The Morgan fingerprint density at radius 3 is 2.86 bits per heavy atom. The van der Waals surface area contributed by atoms with Gasteiger partial charge < -0.3 is 15.4 Å². The van der Waals surface area contributed by atoms with E-state index in [9.17, 15) is 0 Å². The van der Waals surface area contributed by atoms with E-state index in [0.717, 1.165) is 26.1 Å². The largest absolute Gasteiger partial charge is 0.377 e. The first-order chi connectivity index (χ1) is 6.83. The molecule has 1 heterocycles. The summed E-state index contributed by atoms with van der Waals surface area (Å²) in [6.07, 6.45) is 6.66. The lowest BCUT2D eigenvalue weighted by Crippen LogP contribution is -2.29. The normalized spacial score (nSPS) is 22.1. The van der Waals surface area contributed by atoms with Gasteiger partial charge in [0, 0.05) is 13.2 Å². The minimum atomic E-state index is 0.495. The molecule has 0 saturated carbocycles.